The Kier molecular flexibility index (Phi) is 7.72. The monoisotopic (exact) mass is 504 g/mol. The Balaban J connectivity index is 0.00000304. The number of fused-ring (bicyclic) bond motifs is 1. The van der Waals surface area contributed by atoms with Crippen molar-refractivity contribution in [3.05, 3.63) is 94.6 Å². The third-order valence-electron chi connectivity index (χ3n) is 7.35. The number of piperazine rings is 1. The summed E-state index contributed by atoms with van der Waals surface area (Å²) in [6, 6.07) is 23.1. The van der Waals surface area contributed by atoms with Gasteiger partial charge >= 0.3 is 0 Å². The summed E-state index contributed by atoms with van der Waals surface area (Å²) in [4.78, 5) is 15.5. The lowest BCUT2D eigenvalue weighted by Crippen LogP contribution is -3.00. The fourth-order valence-corrected chi connectivity index (χ4v) is 5.22. The van der Waals surface area contributed by atoms with Crippen molar-refractivity contribution in [2.75, 3.05) is 52.3 Å². The molecular weight excluding hydrogens is 472 g/mol. The SMILES string of the molecule is COc1cc2c(cc1OC)C(=O)/C(=C/c1ccc(N3CC[N+](C)(Cc4ccccc4)CC3)cc1)C2.[Cl-]. The molecule has 0 unspecified atom stereocenters. The summed E-state index contributed by atoms with van der Waals surface area (Å²) in [5.74, 6) is 1.31. The zero-order valence-corrected chi connectivity index (χ0v) is 21.9. The van der Waals surface area contributed by atoms with Crippen molar-refractivity contribution in [3.8, 4) is 11.5 Å². The molecule has 0 aromatic heterocycles. The maximum Gasteiger partial charge on any atom is 0.189 e. The van der Waals surface area contributed by atoms with Crippen LogP contribution >= 0.6 is 0 Å². The second kappa shape index (κ2) is 10.8. The van der Waals surface area contributed by atoms with Crippen molar-refractivity contribution >= 4 is 17.5 Å². The van der Waals surface area contributed by atoms with Crippen molar-refractivity contribution in [2.24, 2.45) is 0 Å². The molecule has 0 radical (unpaired) electrons. The summed E-state index contributed by atoms with van der Waals surface area (Å²) in [7, 11) is 5.57. The Bertz CT molecular complexity index is 1250. The molecule has 36 heavy (non-hydrogen) atoms. The highest BCUT2D eigenvalue weighted by Crippen LogP contribution is 2.37. The van der Waals surface area contributed by atoms with Crippen LogP contribution in [-0.4, -0.2) is 57.7 Å². The summed E-state index contributed by atoms with van der Waals surface area (Å²) < 4.78 is 11.8. The molecule has 0 bridgehead atoms. The van der Waals surface area contributed by atoms with Crippen molar-refractivity contribution in [3.63, 3.8) is 0 Å². The molecule has 0 saturated carbocycles. The van der Waals surface area contributed by atoms with E-state index in [1.807, 2.05) is 12.1 Å². The first-order valence-electron chi connectivity index (χ1n) is 12.2. The van der Waals surface area contributed by atoms with E-state index >= 15 is 0 Å². The molecular formula is C30H33ClN2O3. The maximum atomic E-state index is 13.0. The van der Waals surface area contributed by atoms with E-state index in [-0.39, 0.29) is 18.2 Å². The second-order valence-electron chi connectivity index (χ2n) is 9.83. The minimum atomic E-state index is 0. The number of carbonyl (C=O) groups excluding carboxylic acids is 1. The van der Waals surface area contributed by atoms with Gasteiger partial charge in [0.15, 0.2) is 17.3 Å². The van der Waals surface area contributed by atoms with Crippen LogP contribution in [0.4, 0.5) is 5.69 Å². The number of quaternary nitrogens is 1. The summed E-state index contributed by atoms with van der Waals surface area (Å²) in [6.07, 6.45) is 2.62. The summed E-state index contributed by atoms with van der Waals surface area (Å²) in [5, 5.41) is 0. The Morgan fingerprint density at radius 3 is 2.19 bits per heavy atom. The predicted molar refractivity (Wildman–Crippen MR) is 140 cm³/mol. The minimum absolute atomic E-state index is 0. The van der Waals surface area contributed by atoms with E-state index < -0.39 is 0 Å². The van der Waals surface area contributed by atoms with Gasteiger partial charge < -0.3 is 31.3 Å². The third-order valence-corrected chi connectivity index (χ3v) is 7.35. The fourth-order valence-electron chi connectivity index (χ4n) is 5.22. The van der Waals surface area contributed by atoms with Crippen LogP contribution in [0.1, 0.15) is 27.0 Å². The number of Topliss-reactive ketones (excluding diaryl/α,β-unsaturated/α-hetero) is 1. The van der Waals surface area contributed by atoms with Gasteiger partial charge in [-0.25, -0.2) is 0 Å². The van der Waals surface area contributed by atoms with Crippen LogP contribution in [0.3, 0.4) is 0 Å². The maximum absolute atomic E-state index is 13.0. The molecule has 3 aromatic rings. The molecule has 0 atom stereocenters. The Morgan fingerprint density at radius 2 is 1.56 bits per heavy atom. The molecule has 1 aliphatic carbocycles. The Morgan fingerprint density at radius 1 is 0.917 bits per heavy atom. The van der Waals surface area contributed by atoms with Crippen LogP contribution in [0, 0.1) is 0 Å². The summed E-state index contributed by atoms with van der Waals surface area (Å²) in [6.45, 7) is 5.42. The molecule has 0 N–H and O–H groups in total. The number of ketones is 1. The van der Waals surface area contributed by atoms with Crippen molar-refractivity contribution in [2.45, 2.75) is 13.0 Å². The molecule has 1 fully saturated rings. The van der Waals surface area contributed by atoms with E-state index in [4.69, 9.17) is 9.47 Å². The van der Waals surface area contributed by atoms with Gasteiger partial charge in [0.1, 0.15) is 6.54 Å². The lowest BCUT2D eigenvalue weighted by Gasteiger charge is -2.43. The summed E-state index contributed by atoms with van der Waals surface area (Å²) >= 11 is 0. The number of likely N-dealkylation sites (N-methyl/N-ethyl adjacent to an activating group) is 1. The minimum Gasteiger partial charge on any atom is -1.00 e. The highest BCUT2D eigenvalue weighted by molar-refractivity contribution is 6.16. The number of ether oxygens (including phenoxy) is 2. The Labute approximate surface area is 219 Å². The first kappa shape index (κ1) is 25.8. The van der Waals surface area contributed by atoms with Gasteiger partial charge in [-0.05, 0) is 41.5 Å². The highest BCUT2D eigenvalue weighted by atomic mass is 35.5. The van der Waals surface area contributed by atoms with Gasteiger partial charge in [-0.2, -0.15) is 0 Å². The van der Waals surface area contributed by atoms with E-state index in [1.165, 1.54) is 11.3 Å². The first-order chi connectivity index (χ1) is 17.0. The summed E-state index contributed by atoms with van der Waals surface area (Å²) in [5.41, 5.74) is 6.19. The van der Waals surface area contributed by atoms with Gasteiger partial charge in [-0.1, -0.05) is 42.5 Å². The van der Waals surface area contributed by atoms with E-state index in [0.717, 1.165) is 53.9 Å². The molecule has 1 aliphatic heterocycles. The fraction of sp³-hybridized carbons (Fsp3) is 0.300. The van der Waals surface area contributed by atoms with Gasteiger partial charge in [-0.3, -0.25) is 4.79 Å². The number of rotatable bonds is 6. The van der Waals surface area contributed by atoms with Gasteiger partial charge in [0, 0.05) is 28.8 Å². The van der Waals surface area contributed by atoms with Crippen LogP contribution in [0.5, 0.6) is 11.5 Å². The quantitative estimate of drug-likeness (QED) is 0.380. The average molecular weight is 505 g/mol. The van der Waals surface area contributed by atoms with Crippen LogP contribution in [0.15, 0.2) is 72.3 Å². The largest absolute Gasteiger partial charge is 1.00 e. The number of anilines is 1. The van der Waals surface area contributed by atoms with E-state index in [0.29, 0.717) is 23.5 Å². The molecule has 188 valence electrons. The smallest absolute Gasteiger partial charge is 0.189 e. The standard InChI is InChI=1S/C30H33N2O3.ClH/c1-32(21-23-7-5-4-6-8-23)15-13-31(14-16-32)26-11-9-22(10-12-26)17-25-18-24-19-28(34-2)29(35-3)20-27(24)30(25)33;/h4-12,17,19-20H,13-16,18,21H2,1-3H3;1H/q+1;/p-1/b25-17+;. The predicted octanol–water partition coefficient (Wildman–Crippen LogP) is 2.00. The second-order valence-corrected chi connectivity index (χ2v) is 9.83. The van der Waals surface area contributed by atoms with E-state index in [2.05, 4.69) is 66.5 Å². The van der Waals surface area contributed by atoms with Gasteiger partial charge in [0.25, 0.3) is 0 Å². The Hall–Kier alpha value is -3.28. The van der Waals surface area contributed by atoms with Crippen molar-refractivity contribution < 1.29 is 31.2 Å². The molecule has 5 nitrogen and oxygen atoms in total. The normalized spacial score (nSPS) is 17.5. The van der Waals surface area contributed by atoms with E-state index in [1.54, 1.807) is 20.3 Å². The molecule has 1 heterocycles. The zero-order chi connectivity index (χ0) is 24.4. The lowest BCUT2D eigenvalue weighted by atomic mass is 10.1. The zero-order valence-electron chi connectivity index (χ0n) is 21.2. The van der Waals surface area contributed by atoms with Crippen molar-refractivity contribution in [1.29, 1.82) is 0 Å². The number of halogens is 1. The molecule has 5 rings (SSSR count). The molecule has 1 saturated heterocycles. The van der Waals surface area contributed by atoms with Crippen molar-refractivity contribution in [1.82, 2.24) is 0 Å². The van der Waals surface area contributed by atoms with Gasteiger partial charge in [-0.15, -0.1) is 0 Å². The average Bonchev–Trinajstić information content (AvgIpc) is 3.18. The van der Waals surface area contributed by atoms with Crippen LogP contribution in [0.2, 0.25) is 0 Å². The number of methoxy groups -OCH3 is 2. The van der Waals surface area contributed by atoms with Crippen LogP contribution in [0.25, 0.3) is 6.08 Å². The lowest BCUT2D eigenvalue weighted by molar-refractivity contribution is -0.923. The van der Waals surface area contributed by atoms with E-state index in [9.17, 15) is 4.79 Å². The number of benzene rings is 3. The number of hydrogen-bond acceptors (Lipinski definition) is 4. The number of carbonyl (C=O) groups is 1. The highest BCUT2D eigenvalue weighted by Gasteiger charge is 2.29. The molecule has 0 amide bonds. The number of allylic oxidation sites excluding steroid dienone is 1. The number of nitrogens with zero attached hydrogens (tertiary/aromatic N) is 2. The molecule has 2 aliphatic rings. The van der Waals surface area contributed by atoms with Gasteiger partial charge in [0.2, 0.25) is 0 Å². The first-order valence-corrected chi connectivity index (χ1v) is 12.2. The van der Waals surface area contributed by atoms with Crippen LogP contribution in [-0.2, 0) is 13.0 Å². The third kappa shape index (κ3) is 5.28. The van der Waals surface area contributed by atoms with Gasteiger partial charge in [0.05, 0.1) is 47.4 Å². The molecule has 0 spiro atoms. The van der Waals surface area contributed by atoms with Crippen LogP contribution < -0.4 is 26.8 Å². The topological polar surface area (TPSA) is 38.8 Å². The molecule has 3 aromatic carbocycles. The molecule has 6 heteroatoms. The number of hydrogen-bond donors (Lipinski definition) is 0.